The lowest BCUT2D eigenvalue weighted by atomic mass is 10.0. The lowest BCUT2D eigenvalue weighted by Crippen LogP contribution is -2.70. The number of nitrogens with one attached hydrogen (secondary N) is 1. The number of amides is 2. The number of hydrogen-bond acceptors (Lipinski definition) is 5. The quantitative estimate of drug-likeness (QED) is 0.559. The van der Waals surface area contributed by atoms with Gasteiger partial charge in [-0.1, -0.05) is 72.8 Å². The molecule has 2 aliphatic heterocycles. The number of carbonyl (C=O) groups is 3. The normalized spacial score (nSPS) is 20.3. The second-order valence-electron chi connectivity index (χ2n) is 7.23. The van der Waals surface area contributed by atoms with Crippen molar-refractivity contribution in [2.75, 3.05) is 12.9 Å². The van der Waals surface area contributed by atoms with Crippen LogP contribution in [0.15, 0.2) is 78.0 Å². The number of esters is 1. The first-order valence-corrected chi connectivity index (χ1v) is 11.0. The minimum atomic E-state index is -0.652. The highest BCUT2D eigenvalue weighted by atomic mass is 32.2. The minimum absolute atomic E-state index is 0.201. The molecule has 2 heterocycles. The van der Waals surface area contributed by atoms with Gasteiger partial charge in [-0.15, -0.1) is 11.8 Å². The largest absolute Gasteiger partial charge is 0.464 e. The fourth-order valence-electron chi connectivity index (χ4n) is 3.62. The number of rotatable bonds is 6. The van der Waals surface area contributed by atoms with Crippen LogP contribution in [0.4, 0.5) is 0 Å². The first kappa shape index (κ1) is 20.9. The van der Waals surface area contributed by atoms with Gasteiger partial charge in [-0.3, -0.25) is 14.5 Å². The number of ether oxygens (including phenoxy) is 1. The van der Waals surface area contributed by atoms with Crippen molar-refractivity contribution in [3.8, 4) is 0 Å². The fourth-order valence-corrected chi connectivity index (χ4v) is 4.94. The summed E-state index contributed by atoms with van der Waals surface area (Å²) in [7, 11) is 1.30. The Morgan fingerprint density at radius 3 is 2.45 bits per heavy atom. The Hall–Kier alpha value is -3.32. The minimum Gasteiger partial charge on any atom is -0.464 e. The lowest BCUT2D eigenvalue weighted by Gasteiger charge is -2.49. The van der Waals surface area contributed by atoms with Crippen molar-refractivity contribution in [3.63, 3.8) is 0 Å². The van der Waals surface area contributed by atoms with Crippen molar-refractivity contribution >= 4 is 35.6 Å². The molecule has 6 nitrogen and oxygen atoms in total. The van der Waals surface area contributed by atoms with Gasteiger partial charge in [-0.05, 0) is 16.7 Å². The van der Waals surface area contributed by atoms with E-state index in [0.717, 1.165) is 16.7 Å². The Balaban J connectivity index is 1.50. The molecule has 0 spiro atoms. The van der Waals surface area contributed by atoms with Crippen molar-refractivity contribution < 1.29 is 19.1 Å². The Morgan fingerprint density at radius 2 is 1.77 bits per heavy atom. The predicted octanol–water partition coefficient (Wildman–Crippen LogP) is 2.77. The summed E-state index contributed by atoms with van der Waals surface area (Å²) in [6, 6.07) is 18.4. The summed E-state index contributed by atoms with van der Waals surface area (Å²) in [4.78, 5) is 39.2. The van der Waals surface area contributed by atoms with E-state index in [9.17, 15) is 14.4 Å². The fraction of sp³-hybridized carbons (Fsp3) is 0.208. The van der Waals surface area contributed by atoms with Crippen LogP contribution in [0.1, 0.15) is 11.1 Å². The molecule has 0 aliphatic carbocycles. The molecule has 1 N–H and O–H groups in total. The van der Waals surface area contributed by atoms with Gasteiger partial charge in [0.2, 0.25) is 5.91 Å². The zero-order chi connectivity index (χ0) is 21.8. The van der Waals surface area contributed by atoms with Crippen molar-refractivity contribution in [2.24, 2.45) is 0 Å². The summed E-state index contributed by atoms with van der Waals surface area (Å²) in [6.07, 6.45) is 3.95. The van der Waals surface area contributed by atoms with Crippen molar-refractivity contribution in [3.05, 3.63) is 89.1 Å². The summed E-state index contributed by atoms with van der Waals surface area (Å²) in [5.41, 5.74) is 2.84. The molecule has 1 saturated heterocycles. The van der Waals surface area contributed by atoms with Crippen LogP contribution in [0.2, 0.25) is 0 Å². The molecule has 158 valence electrons. The van der Waals surface area contributed by atoms with Crippen LogP contribution in [0.3, 0.4) is 0 Å². The van der Waals surface area contributed by atoms with Gasteiger partial charge in [0.1, 0.15) is 17.1 Å². The van der Waals surface area contributed by atoms with Crippen LogP contribution in [0.5, 0.6) is 0 Å². The standard InChI is InChI=1S/C24H22N2O4S/c1-30-24(29)21-18(13-12-16-8-4-2-5-9-16)15-31-23-20(22(28)26(21)23)25-19(27)14-17-10-6-3-7-11-17/h2-13,20,23H,14-15H2,1H3,(H,25,27)/b13-12+/t20-,23-/m1/s1. The van der Waals surface area contributed by atoms with Crippen molar-refractivity contribution in [2.45, 2.75) is 17.8 Å². The highest BCUT2D eigenvalue weighted by molar-refractivity contribution is 8.00. The topological polar surface area (TPSA) is 75.7 Å². The summed E-state index contributed by atoms with van der Waals surface area (Å²) in [5, 5.41) is 2.50. The third kappa shape index (κ3) is 4.41. The Bertz CT molecular complexity index is 1050. The van der Waals surface area contributed by atoms with E-state index in [1.54, 1.807) is 0 Å². The maximum atomic E-state index is 12.9. The Kier molecular flexibility index (Phi) is 6.23. The molecule has 0 radical (unpaired) electrons. The van der Waals surface area contributed by atoms with E-state index >= 15 is 0 Å². The molecular formula is C24H22N2O4S. The van der Waals surface area contributed by atoms with Gasteiger partial charge >= 0.3 is 5.97 Å². The third-order valence-corrected chi connectivity index (χ3v) is 6.48. The molecule has 2 atom stereocenters. The van der Waals surface area contributed by atoms with Gasteiger partial charge < -0.3 is 10.1 Å². The van der Waals surface area contributed by atoms with Gasteiger partial charge in [0.25, 0.3) is 5.91 Å². The van der Waals surface area contributed by atoms with Crippen LogP contribution in [-0.2, 0) is 25.5 Å². The number of benzene rings is 2. The van der Waals surface area contributed by atoms with E-state index in [1.807, 2.05) is 72.8 Å². The molecule has 2 amide bonds. The van der Waals surface area contributed by atoms with E-state index < -0.39 is 12.0 Å². The monoisotopic (exact) mass is 434 g/mol. The maximum Gasteiger partial charge on any atom is 0.355 e. The van der Waals surface area contributed by atoms with Crippen LogP contribution in [-0.4, -0.2) is 47.0 Å². The molecule has 0 unspecified atom stereocenters. The van der Waals surface area contributed by atoms with Gasteiger partial charge in [-0.25, -0.2) is 4.79 Å². The zero-order valence-electron chi connectivity index (χ0n) is 17.0. The van der Waals surface area contributed by atoms with Crippen LogP contribution >= 0.6 is 11.8 Å². The van der Waals surface area contributed by atoms with Crippen LogP contribution in [0.25, 0.3) is 6.08 Å². The Morgan fingerprint density at radius 1 is 1.10 bits per heavy atom. The average Bonchev–Trinajstić information content (AvgIpc) is 2.81. The molecule has 1 fully saturated rings. The van der Waals surface area contributed by atoms with E-state index in [1.165, 1.54) is 23.8 Å². The molecule has 7 heteroatoms. The molecule has 0 bridgehead atoms. The zero-order valence-corrected chi connectivity index (χ0v) is 17.8. The predicted molar refractivity (Wildman–Crippen MR) is 120 cm³/mol. The van der Waals surface area contributed by atoms with E-state index in [-0.39, 0.29) is 29.3 Å². The molecule has 4 rings (SSSR count). The number of β-lactam (4-membered cyclic amide) rings is 1. The van der Waals surface area contributed by atoms with E-state index in [4.69, 9.17) is 4.74 Å². The highest BCUT2D eigenvalue weighted by Gasteiger charge is 2.54. The summed E-state index contributed by atoms with van der Waals surface area (Å²) >= 11 is 1.52. The second-order valence-corrected chi connectivity index (χ2v) is 8.33. The molecule has 2 aromatic carbocycles. The smallest absolute Gasteiger partial charge is 0.355 e. The first-order chi connectivity index (χ1) is 15.1. The molecule has 31 heavy (non-hydrogen) atoms. The number of nitrogens with zero attached hydrogens (tertiary/aromatic N) is 1. The summed E-state index contributed by atoms with van der Waals surface area (Å²) in [5.74, 6) is -0.541. The van der Waals surface area contributed by atoms with Crippen molar-refractivity contribution in [1.82, 2.24) is 10.2 Å². The van der Waals surface area contributed by atoms with Crippen LogP contribution < -0.4 is 5.32 Å². The number of thioether (sulfide) groups is 1. The molecular weight excluding hydrogens is 412 g/mol. The van der Waals surface area contributed by atoms with Gasteiger partial charge in [0.05, 0.1) is 13.5 Å². The highest BCUT2D eigenvalue weighted by Crippen LogP contribution is 2.41. The number of methoxy groups -OCH3 is 1. The molecule has 2 aromatic rings. The maximum absolute atomic E-state index is 12.9. The number of hydrogen-bond donors (Lipinski definition) is 1. The van der Waals surface area contributed by atoms with Crippen LogP contribution in [0, 0.1) is 0 Å². The molecule has 0 aromatic heterocycles. The lowest BCUT2D eigenvalue weighted by molar-refractivity contribution is -0.151. The third-order valence-electron chi connectivity index (χ3n) is 5.18. The van der Waals surface area contributed by atoms with E-state index in [2.05, 4.69) is 5.32 Å². The summed E-state index contributed by atoms with van der Waals surface area (Å²) < 4.78 is 4.95. The first-order valence-electron chi connectivity index (χ1n) is 9.91. The number of carbonyl (C=O) groups excluding carboxylic acids is 3. The summed E-state index contributed by atoms with van der Waals surface area (Å²) in [6.45, 7) is 0. The Labute approximate surface area is 185 Å². The molecule has 0 saturated carbocycles. The average molecular weight is 435 g/mol. The number of fused-ring (bicyclic) bond motifs is 1. The SMILES string of the molecule is COC(=O)C1=C(/C=C/c2ccccc2)CS[C@@H]2[C@H](NC(=O)Cc3ccccc3)C(=O)N12. The van der Waals surface area contributed by atoms with Gasteiger partial charge in [-0.2, -0.15) is 0 Å². The van der Waals surface area contributed by atoms with Gasteiger partial charge in [0.15, 0.2) is 0 Å². The van der Waals surface area contributed by atoms with E-state index in [0.29, 0.717) is 5.75 Å². The second kappa shape index (κ2) is 9.22. The van der Waals surface area contributed by atoms with Gasteiger partial charge in [0, 0.05) is 5.75 Å². The van der Waals surface area contributed by atoms with Crippen molar-refractivity contribution in [1.29, 1.82) is 0 Å². The number of allylic oxidation sites excluding steroid dienone is 1. The molecule has 2 aliphatic rings.